The quantitative estimate of drug-likeness (QED) is 0.341. The van der Waals surface area contributed by atoms with Crippen LogP contribution in [-0.4, -0.2) is 46.0 Å². The highest BCUT2D eigenvalue weighted by molar-refractivity contribution is 7.99. The summed E-state index contributed by atoms with van der Waals surface area (Å²) in [6.45, 7) is 3.86. The van der Waals surface area contributed by atoms with Gasteiger partial charge in [-0.05, 0) is 12.1 Å². The summed E-state index contributed by atoms with van der Waals surface area (Å²) in [7, 11) is 0. The monoisotopic (exact) mass is 450 g/mol. The van der Waals surface area contributed by atoms with Crippen LogP contribution in [0.4, 0.5) is 19.1 Å². The molecule has 14 heteroatoms. The Morgan fingerprint density at radius 3 is 2.77 bits per heavy atom. The summed E-state index contributed by atoms with van der Waals surface area (Å²) in [6.07, 6.45) is -3.15. The predicted molar refractivity (Wildman–Crippen MR) is 106 cm³/mol. The number of carbonyl (C=O) groups excluding carboxylic acids is 1. The van der Waals surface area contributed by atoms with Crippen LogP contribution in [0.5, 0.6) is 0 Å². The van der Waals surface area contributed by atoms with Crippen molar-refractivity contribution in [3.8, 4) is 0 Å². The summed E-state index contributed by atoms with van der Waals surface area (Å²) >= 11 is 0.992. The van der Waals surface area contributed by atoms with E-state index >= 15 is 0 Å². The molecule has 4 aromatic rings. The van der Waals surface area contributed by atoms with Gasteiger partial charge in [-0.3, -0.25) is 29.0 Å². The van der Waals surface area contributed by atoms with Crippen LogP contribution in [0.25, 0.3) is 16.7 Å². The first-order valence-electron chi connectivity index (χ1n) is 8.69. The standard InChI is InChI=1S/C17H13F3N8O2S/c1-2-7-27-12(30)9-5-3-4-6-10(9)28-15(27)25-26-16(28)31-8-11(29)21-14-22-13(23-24-14)17(18,19)20/h2-6H,1,7-8H2,(H2,21,22,23,24,29). The molecule has 4 rings (SSSR count). The third-order valence-corrected chi connectivity index (χ3v) is 5.06. The number of fused-ring (bicyclic) bond motifs is 3. The first-order valence-corrected chi connectivity index (χ1v) is 9.68. The first kappa shape index (κ1) is 20.6. The molecule has 0 spiro atoms. The van der Waals surface area contributed by atoms with Crippen LogP contribution < -0.4 is 10.9 Å². The summed E-state index contributed by atoms with van der Waals surface area (Å²) in [5.74, 6) is -2.38. The fourth-order valence-corrected chi connectivity index (χ4v) is 3.60. The number of nitrogens with zero attached hydrogens (tertiary/aromatic N) is 6. The smallest absolute Gasteiger partial charge is 0.292 e. The molecule has 1 amide bonds. The van der Waals surface area contributed by atoms with Crippen LogP contribution >= 0.6 is 11.8 Å². The van der Waals surface area contributed by atoms with Gasteiger partial charge in [0.15, 0.2) is 5.16 Å². The van der Waals surface area contributed by atoms with E-state index in [1.54, 1.807) is 39.8 Å². The highest BCUT2D eigenvalue weighted by Crippen LogP contribution is 2.26. The van der Waals surface area contributed by atoms with E-state index < -0.39 is 23.9 Å². The number of anilines is 1. The van der Waals surface area contributed by atoms with Gasteiger partial charge in [0.25, 0.3) is 5.56 Å². The van der Waals surface area contributed by atoms with Crippen molar-refractivity contribution >= 4 is 40.3 Å². The molecule has 160 valence electrons. The summed E-state index contributed by atoms with van der Waals surface area (Å²) in [5.41, 5.74) is 0.300. The lowest BCUT2D eigenvalue weighted by atomic mass is 10.2. The molecule has 0 aliphatic heterocycles. The Balaban J connectivity index is 1.61. The fraction of sp³-hybridized carbons (Fsp3) is 0.176. The number of benzene rings is 1. The number of rotatable bonds is 6. The van der Waals surface area contributed by atoms with E-state index in [0.717, 1.165) is 11.8 Å². The summed E-state index contributed by atoms with van der Waals surface area (Å²) in [5, 5.41) is 16.1. The summed E-state index contributed by atoms with van der Waals surface area (Å²) in [4.78, 5) is 28.1. The zero-order valence-corrected chi connectivity index (χ0v) is 16.4. The van der Waals surface area contributed by atoms with Crippen molar-refractivity contribution in [2.24, 2.45) is 0 Å². The number of amides is 1. The first-order chi connectivity index (χ1) is 14.8. The van der Waals surface area contributed by atoms with E-state index in [1.807, 2.05) is 0 Å². The summed E-state index contributed by atoms with van der Waals surface area (Å²) in [6, 6.07) is 6.87. The fourth-order valence-electron chi connectivity index (χ4n) is 2.86. The Kier molecular flexibility index (Phi) is 5.22. The maximum Gasteiger partial charge on any atom is 0.451 e. The second kappa shape index (κ2) is 7.86. The predicted octanol–water partition coefficient (Wildman–Crippen LogP) is 2.10. The lowest BCUT2D eigenvalue weighted by molar-refractivity contribution is -0.144. The Bertz CT molecular complexity index is 1360. The van der Waals surface area contributed by atoms with E-state index in [9.17, 15) is 22.8 Å². The number of para-hydroxylation sites is 1. The van der Waals surface area contributed by atoms with Crippen LogP contribution in [0.15, 0.2) is 46.9 Å². The van der Waals surface area contributed by atoms with Crippen LogP contribution in [0.2, 0.25) is 0 Å². The minimum Gasteiger partial charge on any atom is -0.292 e. The Morgan fingerprint density at radius 1 is 1.29 bits per heavy atom. The molecule has 2 N–H and O–H groups in total. The zero-order valence-electron chi connectivity index (χ0n) is 15.5. The minimum atomic E-state index is -4.70. The van der Waals surface area contributed by atoms with Gasteiger partial charge in [0.2, 0.25) is 23.5 Å². The average Bonchev–Trinajstić information content (AvgIpc) is 3.37. The molecule has 0 aliphatic carbocycles. The maximum atomic E-state index is 12.7. The van der Waals surface area contributed by atoms with Crippen molar-refractivity contribution in [1.29, 1.82) is 0 Å². The third-order valence-electron chi connectivity index (χ3n) is 4.13. The molecule has 10 nitrogen and oxygen atoms in total. The van der Waals surface area contributed by atoms with Crippen LogP contribution in [-0.2, 0) is 17.5 Å². The molecule has 0 saturated carbocycles. The van der Waals surface area contributed by atoms with E-state index in [-0.39, 0.29) is 23.6 Å². The number of thioether (sulfide) groups is 1. The average molecular weight is 450 g/mol. The third kappa shape index (κ3) is 3.88. The molecular weight excluding hydrogens is 437 g/mol. The van der Waals surface area contributed by atoms with Crippen molar-refractivity contribution in [1.82, 2.24) is 34.3 Å². The number of aromatic amines is 1. The number of alkyl halides is 3. The molecule has 1 aromatic carbocycles. The molecule has 0 aliphatic rings. The minimum absolute atomic E-state index is 0.203. The number of nitrogens with one attached hydrogen (secondary N) is 2. The van der Waals surface area contributed by atoms with Gasteiger partial charge in [0, 0.05) is 6.54 Å². The highest BCUT2D eigenvalue weighted by Gasteiger charge is 2.35. The molecule has 0 fully saturated rings. The normalized spacial score (nSPS) is 11.8. The molecule has 3 aromatic heterocycles. The van der Waals surface area contributed by atoms with E-state index in [4.69, 9.17) is 0 Å². The molecule has 0 unspecified atom stereocenters. The molecule has 3 heterocycles. The number of hydrogen-bond donors (Lipinski definition) is 2. The lowest BCUT2D eigenvalue weighted by Crippen LogP contribution is -2.22. The van der Waals surface area contributed by atoms with Gasteiger partial charge in [0.1, 0.15) is 0 Å². The highest BCUT2D eigenvalue weighted by atomic mass is 32.2. The van der Waals surface area contributed by atoms with Crippen molar-refractivity contribution in [3.05, 3.63) is 53.1 Å². The largest absolute Gasteiger partial charge is 0.451 e. The second-order valence-electron chi connectivity index (χ2n) is 6.18. The number of aromatic nitrogens is 7. The van der Waals surface area contributed by atoms with Gasteiger partial charge in [-0.2, -0.15) is 18.2 Å². The van der Waals surface area contributed by atoms with Crippen molar-refractivity contribution in [3.63, 3.8) is 0 Å². The number of hydrogen-bond acceptors (Lipinski definition) is 7. The Hall–Kier alpha value is -3.68. The zero-order chi connectivity index (χ0) is 22.2. The van der Waals surface area contributed by atoms with Gasteiger partial charge in [-0.15, -0.1) is 21.9 Å². The summed E-state index contributed by atoms with van der Waals surface area (Å²) < 4.78 is 40.7. The van der Waals surface area contributed by atoms with Crippen LogP contribution in [0, 0.1) is 0 Å². The topological polar surface area (TPSA) is 123 Å². The van der Waals surface area contributed by atoms with Crippen LogP contribution in [0.3, 0.4) is 0 Å². The molecule has 0 saturated heterocycles. The van der Waals surface area contributed by atoms with Crippen molar-refractivity contribution < 1.29 is 18.0 Å². The molecule has 0 bridgehead atoms. The van der Waals surface area contributed by atoms with Gasteiger partial charge >= 0.3 is 6.18 Å². The van der Waals surface area contributed by atoms with Crippen LogP contribution in [0.1, 0.15) is 5.82 Å². The van der Waals surface area contributed by atoms with Crippen molar-refractivity contribution in [2.75, 3.05) is 11.1 Å². The van der Waals surface area contributed by atoms with E-state index in [1.165, 1.54) is 4.57 Å². The molecule has 0 radical (unpaired) electrons. The van der Waals surface area contributed by atoms with Gasteiger partial charge in [-0.25, -0.2) is 0 Å². The SMILES string of the molecule is C=CCn1c(=O)c2ccccc2n2c(SCC(=O)Nc3n[nH]c(C(F)(F)F)n3)nnc12. The van der Waals surface area contributed by atoms with Gasteiger partial charge < -0.3 is 0 Å². The van der Waals surface area contributed by atoms with Gasteiger partial charge in [-0.1, -0.05) is 30.0 Å². The van der Waals surface area contributed by atoms with Crippen molar-refractivity contribution in [2.45, 2.75) is 17.9 Å². The van der Waals surface area contributed by atoms with E-state index in [0.29, 0.717) is 16.1 Å². The Labute approximate surface area is 175 Å². The van der Waals surface area contributed by atoms with E-state index in [2.05, 4.69) is 32.2 Å². The number of halogens is 3. The molecular formula is C17H13F3N8O2S. The molecule has 31 heavy (non-hydrogen) atoms. The Morgan fingerprint density at radius 2 is 2.06 bits per heavy atom. The second-order valence-corrected chi connectivity index (χ2v) is 7.12. The van der Waals surface area contributed by atoms with Gasteiger partial charge in [0.05, 0.1) is 16.7 Å². The molecule has 0 atom stereocenters. The number of carbonyl (C=O) groups is 1. The lowest BCUT2D eigenvalue weighted by Gasteiger charge is -2.09. The maximum absolute atomic E-state index is 12.7. The number of H-pyrrole nitrogens is 1. The number of allylic oxidation sites excluding steroid dienone is 1.